The average Bonchev–Trinajstić information content (AvgIpc) is 2.38. The molecule has 0 aliphatic heterocycles. The van der Waals surface area contributed by atoms with Crippen molar-refractivity contribution in [1.29, 1.82) is 0 Å². The zero-order valence-corrected chi connectivity index (χ0v) is 10.0. The van der Waals surface area contributed by atoms with Gasteiger partial charge in [-0.3, -0.25) is 0 Å². The van der Waals surface area contributed by atoms with Crippen molar-refractivity contribution >= 4 is 21.7 Å². The molecule has 91 valence electrons. The second-order valence-electron chi connectivity index (χ2n) is 3.24. The third-order valence-electron chi connectivity index (χ3n) is 2.09. The van der Waals surface area contributed by atoms with Crippen LogP contribution in [0.25, 0.3) is 10.8 Å². The SMILES string of the molecule is NCC(=O)[O-].[Ni+]=[CH]c1cccc2ccccc12. The van der Waals surface area contributed by atoms with Gasteiger partial charge in [-0.05, 0) is 0 Å². The molecule has 17 heavy (non-hydrogen) atoms. The van der Waals surface area contributed by atoms with E-state index in [2.05, 4.69) is 39.0 Å². The molecule has 0 aliphatic carbocycles. The van der Waals surface area contributed by atoms with E-state index in [9.17, 15) is 0 Å². The van der Waals surface area contributed by atoms with Crippen LogP contribution < -0.4 is 10.8 Å². The van der Waals surface area contributed by atoms with Crippen LogP contribution in [-0.4, -0.2) is 17.5 Å². The molecule has 0 amide bonds. The van der Waals surface area contributed by atoms with Crippen molar-refractivity contribution in [1.82, 2.24) is 0 Å². The summed E-state index contributed by atoms with van der Waals surface area (Å²) in [6.45, 7) is -0.389. The number of benzene rings is 2. The summed E-state index contributed by atoms with van der Waals surface area (Å²) in [6, 6.07) is 14.5. The number of carbonyl (C=O) groups is 1. The van der Waals surface area contributed by atoms with E-state index in [-0.39, 0.29) is 6.54 Å². The molecule has 0 spiro atoms. The van der Waals surface area contributed by atoms with Gasteiger partial charge in [-0.25, -0.2) is 0 Å². The Bertz CT molecular complexity index is 520. The van der Waals surface area contributed by atoms with Gasteiger partial charge in [-0.2, -0.15) is 0 Å². The van der Waals surface area contributed by atoms with Gasteiger partial charge in [0.1, 0.15) is 0 Å². The van der Waals surface area contributed by atoms with Crippen molar-refractivity contribution in [2.75, 3.05) is 6.54 Å². The molecular formula is C13H12NNiO2. The summed E-state index contributed by atoms with van der Waals surface area (Å²) in [7, 11) is 0. The van der Waals surface area contributed by atoms with Crippen LogP contribution in [0.5, 0.6) is 0 Å². The van der Waals surface area contributed by atoms with Crippen molar-refractivity contribution in [2.24, 2.45) is 5.73 Å². The first-order valence-corrected chi connectivity index (χ1v) is 5.53. The Morgan fingerprint density at radius 1 is 1.24 bits per heavy atom. The molecule has 0 atom stereocenters. The Morgan fingerprint density at radius 3 is 2.41 bits per heavy atom. The second kappa shape index (κ2) is 6.94. The van der Waals surface area contributed by atoms with Gasteiger partial charge in [0.15, 0.2) is 0 Å². The van der Waals surface area contributed by atoms with Gasteiger partial charge in [0.25, 0.3) is 0 Å². The van der Waals surface area contributed by atoms with E-state index in [0.717, 1.165) is 5.56 Å². The van der Waals surface area contributed by atoms with Gasteiger partial charge in [-0.1, -0.05) is 0 Å². The first kappa shape index (κ1) is 13.6. The maximum atomic E-state index is 9.13. The first-order chi connectivity index (χ1) is 8.19. The minimum atomic E-state index is -1.22. The van der Waals surface area contributed by atoms with Crippen LogP contribution in [0.15, 0.2) is 42.5 Å². The summed E-state index contributed by atoms with van der Waals surface area (Å²) in [6.07, 6.45) is 0. The third-order valence-corrected chi connectivity index (χ3v) is 2.40. The van der Waals surface area contributed by atoms with E-state index in [4.69, 9.17) is 9.90 Å². The fraction of sp³-hybridized carbons (Fsp3) is 0.0769. The second-order valence-corrected chi connectivity index (χ2v) is 3.52. The monoisotopic (exact) mass is 272 g/mol. The van der Waals surface area contributed by atoms with Crippen molar-refractivity contribution < 1.29 is 24.9 Å². The van der Waals surface area contributed by atoms with Gasteiger partial charge in [0, 0.05) is 6.54 Å². The predicted molar refractivity (Wildman–Crippen MR) is 63.2 cm³/mol. The molecule has 3 nitrogen and oxygen atoms in total. The molecule has 0 unspecified atom stereocenters. The summed E-state index contributed by atoms with van der Waals surface area (Å²) in [4.78, 5) is 10.9. The summed E-state index contributed by atoms with van der Waals surface area (Å²) >= 11 is 4.64. The zero-order valence-electron chi connectivity index (χ0n) is 9.04. The fourth-order valence-electron chi connectivity index (χ4n) is 1.33. The van der Waals surface area contributed by atoms with E-state index in [1.165, 1.54) is 10.8 Å². The van der Waals surface area contributed by atoms with Crippen LogP contribution in [0.4, 0.5) is 0 Å². The number of hydrogen-bond acceptors (Lipinski definition) is 3. The van der Waals surface area contributed by atoms with Crippen LogP contribution in [0, 0.1) is 0 Å². The third kappa shape index (κ3) is 4.10. The van der Waals surface area contributed by atoms with Gasteiger partial charge in [-0.15, -0.1) is 0 Å². The topological polar surface area (TPSA) is 66.2 Å². The van der Waals surface area contributed by atoms with E-state index >= 15 is 0 Å². The Labute approximate surface area is 107 Å². The predicted octanol–water partition coefficient (Wildman–Crippen LogP) is 0.232. The first-order valence-electron chi connectivity index (χ1n) is 4.96. The molecule has 0 radical (unpaired) electrons. The quantitative estimate of drug-likeness (QED) is 0.796. The van der Waals surface area contributed by atoms with Crippen LogP contribution in [0.3, 0.4) is 0 Å². The summed E-state index contributed by atoms with van der Waals surface area (Å²) in [5.74, 6) is -1.22. The van der Waals surface area contributed by atoms with E-state index in [0.29, 0.717) is 0 Å². The molecular weight excluding hydrogens is 261 g/mol. The molecule has 0 aromatic heterocycles. The molecule has 2 aromatic rings. The summed E-state index contributed by atoms with van der Waals surface area (Å²) < 4.78 is 0. The molecule has 0 aliphatic rings. The molecule has 0 saturated heterocycles. The van der Waals surface area contributed by atoms with Crippen LogP contribution in [0.1, 0.15) is 5.56 Å². The minimum absolute atomic E-state index is 0.389. The summed E-state index contributed by atoms with van der Waals surface area (Å²) in [5.41, 5.74) is 5.66. The number of fused-ring (bicyclic) bond motifs is 1. The van der Waals surface area contributed by atoms with E-state index in [1.807, 2.05) is 24.3 Å². The number of carboxylic acid groups (broad SMARTS) is 1. The Kier molecular flexibility index (Phi) is 5.54. The molecule has 4 heteroatoms. The van der Waals surface area contributed by atoms with Gasteiger partial charge in [0.05, 0.1) is 5.97 Å². The average molecular weight is 273 g/mol. The Morgan fingerprint density at radius 2 is 1.82 bits per heavy atom. The number of rotatable bonds is 2. The number of carboxylic acids is 1. The zero-order chi connectivity index (χ0) is 12.7. The molecule has 2 rings (SSSR count). The number of nitrogens with two attached hydrogens (primary N) is 1. The van der Waals surface area contributed by atoms with Gasteiger partial charge >= 0.3 is 78.8 Å². The van der Waals surface area contributed by atoms with Crippen molar-refractivity contribution in [3.63, 3.8) is 0 Å². The van der Waals surface area contributed by atoms with E-state index < -0.39 is 5.97 Å². The van der Waals surface area contributed by atoms with Crippen molar-refractivity contribution in [3.8, 4) is 0 Å². The molecule has 2 N–H and O–H groups in total. The molecule has 0 bridgehead atoms. The molecule has 2 aromatic carbocycles. The van der Waals surface area contributed by atoms with Crippen molar-refractivity contribution in [2.45, 2.75) is 0 Å². The normalized spacial score (nSPS) is 9.29. The number of hydrogen-bond donors (Lipinski definition) is 1. The number of aliphatic carboxylic acids is 1. The molecule has 0 saturated carbocycles. The van der Waals surface area contributed by atoms with E-state index in [1.54, 1.807) is 4.99 Å². The maximum absolute atomic E-state index is 9.13. The van der Waals surface area contributed by atoms with Crippen LogP contribution in [0.2, 0.25) is 0 Å². The molecule has 0 heterocycles. The van der Waals surface area contributed by atoms with Crippen molar-refractivity contribution in [3.05, 3.63) is 48.0 Å². The van der Waals surface area contributed by atoms with Crippen LogP contribution in [-0.2, 0) is 19.8 Å². The fourth-order valence-corrected chi connectivity index (χ4v) is 1.58. The van der Waals surface area contributed by atoms with Crippen LogP contribution >= 0.6 is 0 Å². The Balaban J connectivity index is 0.000000249. The number of carbonyl (C=O) groups excluding carboxylic acids is 1. The standard InChI is InChI=1S/C11H8.C2H5NO2.Ni/c1-9-5-4-7-10-6-2-3-8-11(9)10;3-1-2(4)5;/h1-8H;1,3H2,(H,4,5);/q;;+1/p-1. The summed E-state index contributed by atoms with van der Waals surface area (Å²) in [5, 5.41) is 11.6. The Hall–Kier alpha value is -1.51. The van der Waals surface area contributed by atoms with Gasteiger partial charge < -0.3 is 15.6 Å². The molecule has 0 fully saturated rings. The van der Waals surface area contributed by atoms with Gasteiger partial charge in [0.2, 0.25) is 0 Å².